The molecule has 0 saturated heterocycles. The minimum atomic E-state index is -2.64. The summed E-state index contributed by atoms with van der Waals surface area (Å²) in [5.74, 6) is 0.450. The van der Waals surface area contributed by atoms with Crippen LogP contribution in [0.2, 0.25) is 5.02 Å². The van der Waals surface area contributed by atoms with Crippen LogP contribution in [0.3, 0.4) is 0 Å². The molecular weight excluding hydrogens is 426 g/mol. The number of anilines is 1. The van der Waals surface area contributed by atoms with E-state index >= 15 is 0 Å². The number of benzene rings is 1. The third-order valence-corrected chi connectivity index (χ3v) is 9.01. The molecule has 0 spiro atoms. The summed E-state index contributed by atoms with van der Waals surface area (Å²) in [7, 11) is 0. The fourth-order valence-corrected chi connectivity index (χ4v) is 7.70. The highest BCUT2D eigenvalue weighted by molar-refractivity contribution is 7.80. The zero-order valence-electron chi connectivity index (χ0n) is 16.5. The summed E-state index contributed by atoms with van der Waals surface area (Å²) in [5, 5.41) is 3.49. The van der Waals surface area contributed by atoms with Gasteiger partial charge in [0.1, 0.15) is 5.54 Å². The van der Waals surface area contributed by atoms with Crippen molar-refractivity contribution in [1.82, 2.24) is 5.32 Å². The zero-order chi connectivity index (χ0) is 21.3. The molecule has 1 aromatic carbocycles. The van der Waals surface area contributed by atoms with Crippen LogP contribution in [0.15, 0.2) is 24.3 Å². The molecule has 4 bridgehead atoms. The average molecular weight is 451 g/mol. The summed E-state index contributed by atoms with van der Waals surface area (Å²) in [6, 6.07) is 6.63. The van der Waals surface area contributed by atoms with Gasteiger partial charge in [-0.3, -0.25) is 18.1 Å². The van der Waals surface area contributed by atoms with Crippen LogP contribution in [0.4, 0.5) is 5.69 Å². The van der Waals surface area contributed by atoms with Crippen molar-refractivity contribution in [2.75, 3.05) is 4.31 Å². The van der Waals surface area contributed by atoms with Gasteiger partial charge in [-0.05, 0) is 74.8 Å². The number of halogens is 1. The van der Waals surface area contributed by atoms with Crippen LogP contribution in [0, 0.1) is 23.2 Å². The standard InChI is InChI=1S/C21H26ClN3O4S/c22-15-3-1-2-4-16(15)25(30(28)29)21(5-6-21)19(27)24-17-13-7-12-8-14(17)11-20(9-12,10-13)18(23)26/h1-4,12-14,17H,5-11H2,(H2,23,26)(H,24,27)(H,28,29)/p-1. The molecule has 0 radical (unpaired) electrons. The van der Waals surface area contributed by atoms with Gasteiger partial charge in [-0.25, -0.2) is 0 Å². The molecule has 5 saturated carbocycles. The maximum atomic E-state index is 13.4. The lowest BCUT2D eigenvalue weighted by molar-refractivity contribution is -0.147. The number of hydrogen-bond acceptors (Lipinski definition) is 4. The first-order chi connectivity index (χ1) is 14.3. The molecule has 7 nitrogen and oxygen atoms in total. The molecule has 0 aliphatic heterocycles. The first-order valence-electron chi connectivity index (χ1n) is 10.5. The van der Waals surface area contributed by atoms with Crippen LogP contribution in [-0.2, 0) is 20.9 Å². The fraction of sp³-hybridized carbons (Fsp3) is 0.619. The topological polar surface area (TPSA) is 116 Å². The summed E-state index contributed by atoms with van der Waals surface area (Å²) in [4.78, 5) is 25.6. The number of carbonyl (C=O) groups excluding carboxylic acids is 2. The van der Waals surface area contributed by atoms with Gasteiger partial charge in [0.15, 0.2) is 0 Å². The Morgan fingerprint density at radius 1 is 1.17 bits per heavy atom. The van der Waals surface area contributed by atoms with E-state index in [1.807, 2.05) is 0 Å². The number of nitrogens with two attached hydrogens (primary N) is 1. The van der Waals surface area contributed by atoms with Crippen LogP contribution in [0.1, 0.15) is 44.9 Å². The molecule has 5 aliphatic carbocycles. The summed E-state index contributed by atoms with van der Waals surface area (Å²) < 4.78 is 25.4. The van der Waals surface area contributed by atoms with Gasteiger partial charge in [-0.1, -0.05) is 23.7 Å². The SMILES string of the molecule is NC(=O)C12CC3CC(C1)C(NC(=O)C1(N(c4ccccc4Cl)S(=O)[O-])CC1)C(C3)C2. The second-order valence-corrected chi connectivity index (χ2v) is 10.8. The van der Waals surface area contributed by atoms with E-state index < -0.39 is 22.2 Å². The first-order valence-corrected chi connectivity index (χ1v) is 11.9. The molecule has 6 rings (SSSR count). The third kappa shape index (κ3) is 2.99. The summed E-state index contributed by atoms with van der Waals surface area (Å²) in [6.45, 7) is 0. The molecule has 5 fully saturated rings. The van der Waals surface area contributed by atoms with E-state index in [2.05, 4.69) is 5.32 Å². The van der Waals surface area contributed by atoms with Crippen molar-refractivity contribution in [2.45, 2.75) is 56.5 Å². The van der Waals surface area contributed by atoms with Gasteiger partial charge in [0, 0.05) is 22.7 Å². The molecular formula is C21H25ClN3O4S-. The second-order valence-electron chi connectivity index (χ2n) is 9.61. The van der Waals surface area contributed by atoms with Crippen molar-refractivity contribution in [1.29, 1.82) is 0 Å². The average Bonchev–Trinajstić information content (AvgIpc) is 3.47. The third-order valence-electron chi connectivity index (χ3n) is 7.85. The maximum absolute atomic E-state index is 13.4. The Bertz CT molecular complexity index is 921. The van der Waals surface area contributed by atoms with Gasteiger partial charge in [-0.2, -0.15) is 0 Å². The normalized spacial score (nSPS) is 36.2. The number of rotatable bonds is 6. The van der Waals surface area contributed by atoms with Crippen molar-refractivity contribution < 1.29 is 18.4 Å². The Morgan fingerprint density at radius 2 is 1.80 bits per heavy atom. The van der Waals surface area contributed by atoms with Crippen molar-refractivity contribution in [3.8, 4) is 0 Å². The number of para-hydroxylation sites is 1. The Labute approximate surface area is 183 Å². The molecule has 3 N–H and O–H groups in total. The first kappa shape index (κ1) is 20.3. The minimum Gasteiger partial charge on any atom is -0.755 e. The number of amides is 2. The van der Waals surface area contributed by atoms with Gasteiger partial charge >= 0.3 is 0 Å². The molecule has 162 valence electrons. The number of nitrogens with zero attached hydrogens (tertiary/aromatic N) is 1. The largest absolute Gasteiger partial charge is 0.755 e. The smallest absolute Gasteiger partial charge is 0.247 e. The molecule has 1 aromatic rings. The van der Waals surface area contributed by atoms with Crippen molar-refractivity contribution >= 4 is 40.4 Å². The predicted octanol–water partition coefficient (Wildman–Crippen LogP) is 2.27. The zero-order valence-corrected chi connectivity index (χ0v) is 18.1. The monoisotopic (exact) mass is 450 g/mol. The Morgan fingerprint density at radius 3 is 2.33 bits per heavy atom. The maximum Gasteiger partial charge on any atom is 0.247 e. The number of primary amides is 1. The Kier molecular flexibility index (Phi) is 4.69. The van der Waals surface area contributed by atoms with Crippen molar-refractivity contribution in [3.05, 3.63) is 29.3 Å². The summed E-state index contributed by atoms with van der Waals surface area (Å²) in [6.07, 6.45) is 5.19. The quantitative estimate of drug-likeness (QED) is 0.646. The minimum absolute atomic E-state index is 0.0350. The van der Waals surface area contributed by atoms with Crippen molar-refractivity contribution in [2.24, 2.45) is 28.9 Å². The van der Waals surface area contributed by atoms with Gasteiger partial charge in [0.05, 0.1) is 10.7 Å². The van der Waals surface area contributed by atoms with E-state index in [0.717, 1.165) is 36.4 Å². The molecule has 2 amide bonds. The van der Waals surface area contributed by atoms with E-state index in [1.54, 1.807) is 24.3 Å². The number of carbonyl (C=O) groups is 2. The van der Waals surface area contributed by atoms with Crippen LogP contribution < -0.4 is 15.4 Å². The highest BCUT2D eigenvalue weighted by atomic mass is 35.5. The van der Waals surface area contributed by atoms with E-state index in [1.165, 1.54) is 0 Å². The van der Waals surface area contributed by atoms with Crippen molar-refractivity contribution in [3.63, 3.8) is 0 Å². The lowest BCUT2D eigenvalue weighted by atomic mass is 9.47. The van der Waals surface area contributed by atoms with E-state index in [-0.39, 0.29) is 29.7 Å². The number of hydrogen-bond donors (Lipinski definition) is 2. The molecule has 30 heavy (non-hydrogen) atoms. The van der Waals surface area contributed by atoms with Crippen LogP contribution in [-0.4, -0.2) is 32.2 Å². The molecule has 0 heterocycles. The Hall–Kier alpha value is -1.64. The van der Waals surface area contributed by atoms with Crippen LogP contribution >= 0.6 is 11.6 Å². The van der Waals surface area contributed by atoms with Crippen LogP contribution in [0.5, 0.6) is 0 Å². The van der Waals surface area contributed by atoms with Gasteiger partial charge in [0.25, 0.3) is 0 Å². The Balaban J connectivity index is 1.39. The predicted molar refractivity (Wildman–Crippen MR) is 112 cm³/mol. The molecule has 5 aliphatic rings. The molecule has 9 heteroatoms. The van der Waals surface area contributed by atoms with Crippen LogP contribution in [0.25, 0.3) is 0 Å². The molecule has 3 unspecified atom stereocenters. The van der Waals surface area contributed by atoms with Gasteiger partial charge in [-0.15, -0.1) is 0 Å². The van der Waals surface area contributed by atoms with Gasteiger partial charge < -0.3 is 15.6 Å². The van der Waals surface area contributed by atoms with Gasteiger partial charge in [0.2, 0.25) is 11.8 Å². The van der Waals surface area contributed by atoms with E-state index in [4.69, 9.17) is 17.3 Å². The summed E-state index contributed by atoms with van der Waals surface area (Å²) in [5.41, 5.74) is 4.52. The lowest BCUT2D eigenvalue weighted by Crippen LogP contribution is -2.64. The van der Waals surface area contributed by atoms with E-state index in [9.17, 15) is 18.4 Å². The fourth-order valence-electron chi connectivity index (χ4n) is 6.56. The highest BCUT2D eigenvalue weighted by Gasteiger charge is 2.61. The second kappa shape index (κ2) is 6.93. The number of nitrogens with one attached hydrogen (secondary N) is 1. The lowest BCUT2D eigenvalue weighted by Gasteiger charge is -2.59. The summed E-state index contributed by atoms with van der Waals surface area (Å²) >= 11 is 3.61. The molecule has 0 aromatic heterocycles. The molecule has 3 atom stereocenters. The van der Waals surface area contributed by atoms with E-state index in [0.29, 0.717) is 29.5 Å². The highest BCUT2D eigenvalue weighted by Crippen LogP contribution is 2.60.